The maximum Gasteiger partial charge on any atom is 0.234 e. The number of nitrogens with zero attached hydrogens (tertiary/aromatic N) is 5. The summed E-state index contributed by atoms with van der Waals surface area (Å²) < 4.78 is 21.1. The van der Waals surface area contributed by atoms with Crippen molar-refractivity contribution in [3.63, 3.8) is 0 Å². The summed E-state index contributed by atoms with van der Waals surface area (Å²) in [6.45, 7) is 3.30. The lowest BCUT2D eigenvalue weighted by Crippen LogP contribution is -2.27. The van der Waals surface area contributed by atoms with Crippen LogP contribution < -0.4 is 0 Å². The fraction of sp³-hybridized carbons (Fsp3) is 0.304. The Hall–Kier alpha value is -3.03. The van der Waals surface area contributed by atoms with Crippen molar-refractivity contribution in [1.82, 2.24) is 24.2 Å². The molecule has 3 aromatic heterocycles. The SMILES string of the molecule is CN(C)CCCN(Cc1ccco1)Cc1c(-c2ccc(F)cc2)nc2ncccn12. The minimum Gasteiger partial charge on any atom is -0.468 e. The fourth-order valence-electron chi connectivity index (χ4n) is 3.58. The summed E-state index contributed by atoms with van der Waals surface area (Å²) in [5.74, 6) is 1.30. The Morgan fingerprint density at radius 2 is 1.87 bits per heavy atom. The fourth-order valence-corrected chi connectivity index (χ4v) is 3.58. The topological polar surface area (TPSA) is 49.8 Å². The molecule has 0 saturated carbocycles. The number of benzene rings is 1. The van der Waals surface area contributed by atoms with Crippen molar-refractivity contribution in [1.29, 1.82) is 0 Å². The summed E-state index contributed by atoms with van der Waals surface area (Å²) in [4.78, 5) is 13.7. The minimum atomic E-state index is -0.259. The second-order valence-electron chi connectivity index (χ2n) is 7.65. The van der Waals surface area contributed by atoms with Gasteiger partial charge in [-0.1, -0.05) is 0 Å². The zero-order valence-electron chi connectivity index (χ0n) is 17.3. The van der Waals surface area contributed by atoms with Crippen LogP contribution in [-0.4, -0.2) is 51.4 Å². The van der Waals surface area contributed by atoms with Crippen molar-refractivity contribution in [2.75, 3.05) is 27.2 Å². The average Bonchev–Trinajstić information content (AvgIpc) is 3.36. The molecule has 4 rings (SSSR count). The molecule has 0 radical (unpaired) electrons. The van der Waals surface area contributed by atoms with E-state index in [0.29, 0.717) is 18.9 Å². The Morgan fingerprint density at radius 3 is 2.60 bits per heavy atom. The Kier molecular flexibility index (Phi) is 6.21. The summed E-state index contributed by atoms with van der Waals surface area (Å²) in [6.07, 6.45) is 6.45. The first kappa shape index (κ1) is 20.3. The van der Waals surface area contributed by atoms with Gasteiger partial charge in [0.05, 0.1) is 24.2 Å². The number of halogens is 1. The summed E-state index contributed by atoms with van der Waals surface area (Å²) in [6, 6.07) is 12.3. The van der Waals surface area contributed by atoms with Gasteiger partial charge in [0, 0.05) is 31.0 Å². The van der Waals surface area contributed by atoms with Crippen LogP contribution in [0.3, 0.4) is 0 Å². The zero-order chi connectivity index (χ0) is 20.9. The molecule has 3 heterocycles. The van der Waals surface area contributed by atoms with Gasteiger partial charge in [-0.2, -0.15) is 0 Å². The summed E-state index contributed by atoms with van der Waals surface area (Å²) in [5, 5.41) is 0. The smallest absolute Gasteiger partial charge is 0.234 e. The first-order chi connectivity index (χ1) is 14.6. The van der Waals surface area contributed by atoms with Gasteiger partial charge in [-0.15, -0.1) is 0 Å². The number of aromatic nitrogens is 3. The number of rotatable bonds is 9. The van der Waals surface area contributed by atoms with E-state index in [1.54, 1.807) is 24.6 Å². The Labute approximate surface area is 175 Å². The molecule has 0 atom stereocenters. The standard InChI is InChI=1S/C23H26FN5O/c1-27(2)12-5-13-28(16-20-6-3-15-30-20)17-21-22(18-7-9-19(24)10-8-18)26-23-25-11-4-14-29(21)23/h3-4,6-11,14-15H,5,12-13,16-17H2,1-2H3. The van der Waals surface area contributed by atoms with Crippen LogP contribution in [-0.2, 0) is 13.1 Å². The van der Waals surface area contributed by atoms with E-state index in [4.69, 9.17) is 9.40 Å². The average molecular weight is 407 g/mol. The number of furan rings is 1. The van der Waals surface area contributed by atoms with Gasteiger partial charge in [-0.25, -0.2) is 14.4 Å². The molecule has 0 bridgehead atoms. The molecule has 0 aliphatic heterocycles. The first-order valence-corrected chi connectivity index (χ1v) is 10.1. The lowest BCUT2D eigenvalue weighted by molar-refractivity contribution is 0.220. The van der Waals surface area contributed by atoms with Crippen molar-refractivity contribution >= 4 is 5.78 Å². The third kappa shape index (κ3) is 4.75. The predicted octanol–water partition coefficient (Wildman–Crippen LogP) is 4.08. The van der Waals surface area contributed by atoms with Crippen LogP contribution >= 0.6 is 0 Å². The van der Waals surface area contributed by atoms with Crippen LogP contribution in [0.4, 0.5) is 4.39 Å². The highest BCUT2D eigenvalue weighted by atomic mass is 19.1. The lowest BCUT2D eigenvalue weighted by atomic mass is 10.1. The molecule has 0 spiro atoms. The maximum atomic E-state index is 13.5. The summed E-state index contributed by atoms with van der Waals surface area (Å²) >= 11 is 0. The van der Waals surface area contributed by atoms with Crippen molar-refractivity contribution < 1.29 is 8.81 Å². The first-order valence-electron chi connectivity index (χ1n) is 10.1. The van der Waals surface area contributed by atoms with Gasteiger partial charge in [-0.3, -0.25) is 9.30 Å². The maximum absolute atomic E-state index is 13.5. The van der Waals surface area contributed by atoms with Crippen LogP contribution in [0.2, 0.25) is 0 Å². The number of hydrogen-bond acceptors (Lipinski definition) is 5. The molecule has 0 aliphatic rings. The highest BCUT2D eigenvalue weighted by molar-refractivity contribution is 5.65. The zero-order valence-corrected chi connectivity index (χ0v) is 17.3. The van der Waals surface area contributed by atoms with Gasteiger partial charge in [0.2, 0.25) is 5.78 Å². The quantitative estimate of drug-likeness (QED) is 0.418. The third-order valence-electron chi connectivity index (χ3n) is 5.03. The van der Waals surface area contributed by atoms with Gasteiger partial charge in [0.25, 0.3) is 0 Å². The molecule has 0 fully saturated rings. The van der Waals surface area contributed by atoms with E-state index in [1.165, 1.54) is 12.1 Å². The van der Waals surface area contributed by atoms with Gasteiger partial charge < -0.3 is 9.32 Å². The van der Waals surface area contributed by atoms with E-state index in [9.17, 15) is 4.39 Å². The molecule has 156 valence electrons. The molecular weight excluding hydrogens is 381 g/mol. The van der Waals surface area contributed by atoms with Crippen molar-refractivity contribution in [3.8, 4) is 11.3 Å². The van der Waals surface area contributed by atoms with E-state index in [-0.39, 0.29) is 5.82 Å². The molecule has 6 nitrogen and oxygen atoms in total. The second-order valence-corrected chi connectivity index (χ2v) is 7.65. The molecule has 0 saturated heterocycles. The third-order valence-corrected chi connectivity index (χ3v) is 5.03. The molecule has 0 unspecified atom stereocenters. The van der Waals surface area contributed by atoms with Gasteiger partial charge in [-0.05, 0) is 69.5 Å². The van der Waals surface area contributed by atoms with Crippen LogP contribution in [0.5, 0.6) is 0 Å². The Bertz CT molecular complexity index is 1070. The number of imidazole rings is 1. The van der Waals surface area contributed by atoms with Crippen LogP contribution in [0.1, 0.15) is 17.9 Å². The number of hydrogen-bond donors (Lipinski definition) is 0. The highest BCUT2D eigenvalue weighted by Gasteiger charge is 2.18. The van der Waals surface area contributed by atoms with Crippen LogP contribution in [0, 0.1) is 5.82 Å². The van der Waals surface area contributed by atoms with Crippen molar-refractivity contribution in [2.24, 2.45) is 0 Å². The minimum absolute atomic E-state index is 0.259. The highest BCUT2D eigenvalue weighted by Crippen LogP contribution is 2.26. The molecule has 0 amide bonds. The van der Waals surface area contributed by atoms with Crippen LogP contribution in [0.15, 0.2) is 65.5 Å². The summed E-state index contributed by atoms with van der Waals surface area (Å²) in [5.41, 5.74) is 2.73. The Morgan fingerprint density at radius 1 is 1.03 bits per heavy atom. The van der Waals surface area contributed by atoms with E-state index in [1.807, 2.05) is 28.8 Å². The normalized spacial score (nSPS) is 11.8. The predicted molar refractivity (Wildman–Crippen MR) is 114 cm³/mol. The molecule has 4 aromatic rings. The van der Waals surface area contributed by atoms with Crippen molar-refractivity contribution in [2.45, 2.75) is 19.5 Å². The molecular formula is C23H26FN5O. The second kappa shape index (κ2) is 9.19. The molecule has 0 aliphatic carbocycles. The summed E-state index contributed by atoms with van der Waals surface area (Å²) in [7, 11) is 4.17. The molecule has 0 N–H and O–H groups in total. The van der Waals surface area contributed by atoms with Gasteiger partial charge in [0.1, 0.15) is 11.6 Å². The molecule has 1 aromatic carbocycles. The lowest BCUT2D eigenvalue weighted by Gasteiger charge is -2.22. The largest absolute Gasteiger partial charge is 0.468 e. The van der Waals surface area contributed by atoms with E-state index < -0.39 is 0 Å². The van der Waals surface area contributed by atoms with Gasteiger partial charge >= 0.3 is 0 Å². The molecule has 7 heteroatoms. The van der Waals surface area contributed by atoms with Crippen LogP contribution in [0.25, 0.3) is 17.0 Å². The van der Waals surface area contributed by atoms with Gasteiger partial charge in [0.15, 0.2) is 0 Å². The monoisotopic (exact) mass is 407 g/mol. The number of fused-ring (bicyclic) bond motifs is 1. The Balaban J connectivity index is 1.67. The molecule has 30 heavy (non-hydrogen) atoms. The van der Waals surface area contributed by atoms with E-state index >= 15 is 0 Å². The van der Waals surface area contributed by atoms with Crippen molar-refractivity contribution in [3.05, 3.63) is 78.4 Å². The van der Waals surface area contributed by atoms with E-state index in [0.717, 1.165) is 42.2 Å². The van der Waals surface area contributed by atoms with E-state index in [2.05, 4.69) is 28.9 Å².